The Hall–Kier alpha value is -2.07. The van der Waals surface area contributed by atoms with E-state index in [0.29, 0.717) is 12.3 Å². The molecule has 4 nitrogen and oxygen atoms in total. The molecule has 1 aromatic carbocycles. The summed E-state index contributed by atoms with van der Waals surface area (Å²) in [6.45, 7) is 3.18. The van der Waals surface area contributed by atoms with Gasteiger partial charge < -0.3 is 9.32 Å². The molecule has 1 atom stereocenters. The first-order valence-corrected chi connectivity index (χ1v) is 9.60. The number of rotatable bonds is 4. The smallest absolute Gasteiger partial charge is 0.222 e. The van der Waals surface area contributed by atoms with Crippen LogP contribution in [-0.4, -0.2) is 42.9 Å². The molecular formula is C22H28N2O2. The van der Waals surface area contributed by atoms with E-state index in [1.807, 2.05) is 20.4 Å². The molecule has 1 amide bonds. The SMILES string of the molecule is CN(C)C(=O)C[C@H]1CC2(CCN(Cc3ccoc3)CC2)c2ccccc21. The summed E-state index contributed by atoms with van der Waals surface area (Å²) < 4.78 is 5.20. The molecule has 0 unspecified atom stereocenters. The highest BCUT2D eigenvalue weighted by atomic mass is 16.3. The number of carbonyl (C=O) groups is 1. The van der Waals surface area contributed by atoms with Gasteiger partial charge in [0.25, 0.3) is 0 Å². The van der Waals surface area contributed by atoms with Crippen LogP contribution >= 0.6 is 0 Å². The predicted molar refractivity (Wildman–Crippen MR) is 102 cm³/mol. The Bertz CT molecular complexity index is 758. The Morgan fingerprint density at radius 2 is 2.00 bits per heavy atom. The zero-order valence-electron chi connectivity index (χ0n) is 15.8. The second-order valence-electron chi connectivity index (χ2n) is 8.17. The van der Waals surface area contributed by atoms with E-state index in [2.05, 4.69) is 35.2 Å². The normalized spacial score (nSPS) is 21.7. The van der Waals surface area contributed by atoms with Crippen LogP contribution in [0, 0.1) is 0 Å². The molecule has 26 heavy (non-hydrogen) atoms. The van der Waals surface area contributed by atoms with Crippen LogP contribution in [0.15, 0.2) is 47.3 Å². The Morgan fingerprint density at radius 3 is 2.69 bits per heavy atom. The van der Waals surface area contributed by atoms with Crippen LogP contribution in [0.1, 0.15) is 48.3 Å². The fraction of sp³-hybridized carbons (Fsp3) is 0.500. The van der Waals surface area contributed by atoms with Gasteiger partial charge in [-0.2, -0.15) is 0 Å². The lowest BCUT2D eigenvalue weighted by Crippen LogP contribution is -2.41. The molecule has 0 bridgehead atoms. The third-order valence-corrected chi connectivity index (χ3v) is 6.33. The van der Waals surface area contributed by atoms with Gasteiger partial charge in [0.2, 0.25) is 5.91 Å². The number of furan rings is 1. The monoisotopic (exact) mass is 352 g/mol. The second-order valence-corrected chi connectivity index (χ2v) is 8.17. The number of fused-ring (bicyclic) bond motifs is 2. The first-order valence-electron chi connectivity index (χ1n) is 9.60. The molecule has 1 fully saturated rings. The molecule has 0 radical (unpaired) electrons. The highest BCUT2D eigenvalue weighted by Crippen LogP contribution is 2.52. The van der Waals surface area contributed by atoms with Crippen LogP contribution in [-0.2, 0) is 16.8 Å². The molecule has 1 aliphatic carbocycles. The molecule has 1 saturated heterocycles. The first kappa shape index (κ1) is 17.3. The number of amides is 1. The van der Waals surface area contributed by atoms with Crippen molar-refractivity contribution in [2.45, 2.75) is 43.6 Å². The molecule has 2 heterocycles. The van der Waals surface area contributed by atoms with Crippen LogP contribution in [0.2, 0.25) is 0 Å². The summed E-state index contributed by atoms with van der Waals surface area (Å²) >= 11 is 0. The van der Waals surface area contributed by atoms with Gasteiger partial charge in [0, 0.05) is 32.6 Å². The summed E-state index contributed by atoms with van der Waals surface area (Å²) in [5.74, 6) is 0.598. The minimum atomic E-state index is 0.235. The molecule has 1 aromatic heterocycles. The lowest BCUT2D eigenvalue weighted by atomic mass is 9.73. The van der Waals surface area contributed by atoms with Crippen LogP contribution in [0.5, 0.6) is 0 Å². The number of hydrogen-bond acceptors (Lipinski definition) is 3. The summed E-state index contributed by atoms with van der Waals surface area (Å²) in [6.07, 6.45) is 7.69. The Balaban J connectivity index is 1.49. The van der Waals surface area contributed by atoms with Crippen LogP contribution in [0.3, 0.4) is 0 Å². The number of likely N-dealkylation sites (tertiary alicyclic amines) is 1. The van der Waals surface area contributed by atoms with E-state index in [-0.39, 0.29) is 11.3 Å². The maximum atomic E-state index is 12.3. The van der Waals surface area contributed by atoms with Gasteiger partial charge in [-0.3, -0.25) is 9.69 Å². The maximum Gasteiger partial charge on any atom is 0.222 e. The molecule has 138 valence electrons. The van der Waals surface area contributed by atoms with Crippen molar-refractivity contribution in [3.05, 3.63) is 59.5 Å². The Labute approximate surface area is 155 Å². The molecule has 4 rings (SSSR count). The highest BCUT2D eigenvalue weighted by Gasteiger charge is 2.45. The number of hydrogen-bond donors (Lipinski definition) is 0. The van der Waals surface area contributed by atoms with Crippen molar-refractivity contribution in [1.29, 1.82) is 0 Å². The van der Waals surface area contributed by atoms with Crippen LogP contribution in [0.4, 0.5) is 0 Å². The van der Waals surface area contributed by atoms with E-state index >= 15 is 0 Å². The first-order chi connectivity index (χ1) is 12.6. The van der Waals surface area contributed by atoms with Gasteiger partial charge in [-0.1, -0.05) is 24.3 Å². The second kappa shape index (κ2) is 6.92. The zero-order valence-corrected chi connectivity index (χ0v) is 15.8. The van der Waals surface area contributed by atoms with Gasteiger partial charge in [-0.05, 0) is 60.9 Å². The summed E-state index contributed by atoms with van der Waals surface area (Å²) in [4.78, 5) is 16.6. The number of nitrogens with zero attached hydrogens (tertiary/aromatic N) is 2. The van der Waals surface area contributed by atoms with E-state index < -0.39 is 0 Å². The molecule has 1 spiro atoms. The standard InChI is InChI=1S/C22H28N2O2/c1-23(2)21(25)13-18-14-22(20-6-4-3-5-19(18)20)8-10-24(11-9-22)15-17-7-12-26-16-17/h3-7,12,16,18H,8-11,13-15H2,1-2H3/t18-/m0/s1. The summed E-state index contributed by atoms with van der Waals surface area (Å²) in [7, 11) is 3.71. The average molecular weight is 352 g/mol. The predicted octanol–water partition coefficient (Wildman–Crippen LogP) is 3.78. The van der Waals surface area contributed by atoms with Gasteiger partial charge in [0.1, 0.15) is 0 Å². The Morgan fingerprint density at radius 1 is 1.23 bits per heavy atom. The van der Waals surface area contributed by atoms with Crippen molar-refractivity contribution in [1.82, 2.24) is 9.80 Å². The summed E-state index contributed by atoms with van der Waals surface area (Å²) in [5, 5.41) is 0. The van der Waals surface area contributed by atoms with E-state index in [4.69, 9.17) is 4.42 Å². The molecule has 2 aromatic rings. The highest BCUT2D eigenvalue weighted by molar-refractivity contribution is 5.77. The average Bonchev–Trinajstić information content (AvgIpc) is 3.25. The molecule has 0 saturated carbocycles. The molecular weight excluding hydrogens is 324 g/mol. The van der Waals surface area contributed by atoms with Gasteiger partial charge in [0.15, 0.2) is 0 Å². The van der Waals surface area contributed by atoms with Crippen LogP contribution in [0.25, 0.3) is 0 Å². The lowest BCUT2D eigenvalue weighted by molar-refractivity contribution is -0.129. The maximum absolute atomic E-state index is 12.3. The van der Waals surface area contributed by atoms with Crippen molar-refractivity contribution in [2.24, 2.45) is 0 Å². The molecule has 0 N–H and O–H groups in total. The minimum Gasteiger partial charge on any atom is -0.472 e. The number of carbonyl (C=O) groups excluding carboxylic acids is 1. The van der Waals surface area contributed by atoms with Crippen molar-refractivity contribution in [3.63, 3.8) is 0 Å². The van der Waals surface area contributed by atoms with Gasteiger partial charge in [-0.15, -0.1) is 0 Å². The summed E-state index contributed by atoms with van der Waals surface area (Å²) in [6, 6.07) is 10.9. The van der Waals surface area contributed by atoms with Gasteiger partial charge in [0.05, 0.1) is 12.5 Å². The molecule has 2 aliphatic rings. The van der Waals surface area contributed by atoms with E-state index in [9.17, 15) is 4.79 Å². The quantitative estimate of drug-likeness (QED) is 0.840. The fourth-order valence-corrected chi connectivity index (χ4v) is 4.86. The van der Waals surface area contributed by atoms with E-state index in [1.165, 1.54) is 29.5 Å². The van der Waals surface area contributed by atoms with Crippen molar-refractivity contribution < 1.29 is 9.21 Å². The lowest BCUT2D eigenvalue weighted by Gasteiger charge is -2.40. The van der Waals surface area contributed by atoms with Crippen molar-refractivity contribution in [3.8, 4) is 0 Å². The van der Waals surface area contributed by atoms with Crippen LogP contribution < -0.4 is 0 Å². The topological polar surface area (TPSA) is 36.7 Å². The molecule has 1 aliphatic heterocycles. The largest absolute Gasteiger partial charge is 0.472 e. The minimum absolute atomic E-state index is 0.235. The van der Waals surface area contributed by atoms with E-state index in [1.54, 1.807) is 11.2 Å². The summed E-state index contributed by atoms with van der Waals surface area (Å²) in [5.41, 5.74) is 4.41. The van der Waals surface area contributed by atoms with Gasteiger partial charge >= 0.3 is 0 Å². The van der Waals surface area contributed by atoms with E-state index in [0.717, 1.165) is 26.1 Å². The fourth-order valence-electron chi connectivity index (χ4n) is 4.86. The van der Waals surface area contributed by atoms with Crippen molar-refractivity contribution in [2.75, 3.05) is 27.2 Å². The number of benzene rings is 1. The third-order valence-electron chi connectivity index (χ3n) is 6.33. The third kappa shape index (κ3) is 3.18. The van der Waals surface area contributed by atoms with Crippen molar-refractivity contribution >= 4 is 5.91 Å². The molecule has 4 heteroatoms. The zero-order chi connectivity index (χ0) is 18.1. The van der Waals surface area contributed by atoms with Gasteiger partial charge in [-0.25, -0.2) is 0 Å². The number of piperidine rings is 1. The Kier molecular flexibility index (Phi) is 4.62.